The van der Waals surface area contributed by atoms with E-state index < -0.39 is 78.8 Å². The molecule has 370 valence electrons. The van der Waals surface area contributed by atoms with Crippen LogP contribution in [0.1, 0.15) is 68.3 Å². The van der Waals surface area contributed by atoms with Gasteiger partial charge in [0.05, 0.1) is 39.9 Å². The van der Waals surface area contributed by atoms with E-state index in [9.17, 15) is 28.5 Å². The van der Waals surface area contributed by atoms with Crippen molar-refractivity contribution in [2.45, 2.75) is 83.0 Å². The zero-order valence-electron chi connectivity index (χ0n) is 39.5. The molecule has 0 saturated carbocycles. The van der Waals surface area contributed by atoms with Crippen LogP contribution in [0.4, 0.5) is 5.95 Å². The second-order valence-electron chi connectivity index (χ2n) is 17.3. The minimum absolute atomic E-state index is 0.0229. The molecule has 0 unspecified atom stereocenters. The summed E-state index contributed by atoms with van der Waals surface area (Å²) in [5.74, 6) is -0.218. The Bertz CT molecular complexity index is 3020. The number of aromatic nitrogens is 6. The van der Waals surface area contributed by atoms with E-state index in [2.05, 4.69) is 25.3 Å². The van der Waals surface area contributed by atoms with Gasteiger partial charge in [0.15, 0.2) is 11.2 Å². The lowest BCUT2D eigenvalue weighted by molar-refractivity contribution is -0.150. The first-order valence-electron chi connectivity index (χ1n) is 22.5. The second kappa shape index (κ2) is 20.7. The van der Waals surface area contributed by atoms with Gasteiger partial charge < -0.3 is 37.5 Å². The summed E-state index contributed by atoms with van der Waals surface area (Å²) in [7, 11) is -0.944. The average Bonchev–Trinajstić information content (AvgIpc) is 4.07. The maximum atomic E-state index is 14.6. The molecule has 3 aromatic carbocycles. The number of amides is 1. The Balaban J connectivity index is 1.08. The number of esters is 1. The van der Waals surface area contributed by atoms with E-state index in [4.69, 9.17) is 37.5 Å². The van der Waals surface area contributed by atoms with Gasteiger partial charge in [-0.1, -0.05) is 68.4 Å². The number of nitrogens with zero attached hydrogens (tertiary/aromatic N) is 4. The van der Waals surface area contributed by atoms with Crippen LogP contribution in [0.15, 0.2) is 106 Å². The highest BCUT2D eigenvalue weighted by atomic mass is 31.2. The number of benzene rings is 3. The molecule has 6 aromatic rings. The third kappa shape index (κ3) is 10.5. The maximum absolute atomic E-state index is 14.6. The van der Waals surface area contributed by atoms with Gasteiger partial charge in [0.25, 0.3) is 11.1 Å². The molecule has 0 radical (unpaired) electrons. The number of ether oxygens (including phenoxy) is 6. The van der Waals surface area contributed by atoms with Crippen LogP contribution in [-0.2, 0) is 47.8 Å². The molecule has 3 N–H and O–H groups in total. The van der Waals surface area contributed by atoms with Crippen LogP contribution in [0, 0.1) is 12.8 Å². The van der Waals surface area contributed by atoms with Gasteiger partial charge in [-0.25, -0.2) is 9.78 Å². The molecule has 7 atom stereocenters. The number of carbonyl (C=O) groups is 2. The smallest absolute Gasteiger partial charge is 0.330 e. The predicted octanol–water partition coefficient (Wildman–Crippen LogP) is 5.33. The van der Waals surface area contributed by atoms with E-state index in [0.717, 1.165) is 16.7 Å². The summed E-state index contributed by atoms with van der Waals surface area (Å²) in [5, 5.41) is 2.58. The van der Waals surface area contributed by atoms with E-state index >= 15 is 0 Å². The predicted molar refractivity (Wildman–Crippen MR) is 253 cm³/mol. The van der Waals surface area contributed by atoms with Crippen LogP contribution < -0.4 is 31.6 Å². The lowest BCUT2D eigenvalue weighted by atomic mass is 9.80. The van der Waals surface area contributed by atoms with Crippen molar-refractivity contribution in [3.63, 3.8) is 0 Å². The number of aryl methyl sites for hydroxylation is 1. The number of methoxy groups -OCH3 is 2. The highest BCUT2D eigenvalue weighted by Crippen LogP contribution is 2.50. The van der Waals surface area contributed by atoms with Crippen molar-refractivity contribution in [3.8, 4) is 11.5 Å². The third-order valence-electron chi connectivity index (χ3n) is 12.1. The number of imidazole rings is 1. The molecule has 70 heavy (non-hydrogen) atoms. The molecule has 1 amide bonds. The Morgan fingerprint density at radius 2 is 1.41 bits per heavy atom. The molecule has 8 rings (SSSR count). The molecule has 2 aliphatic rings. The Morgan fingerprint density at radius 3 is 2.01 bits per heavy atom. The lowest BCUT2D eigenvalue weighted by Gasteiger charge is -2.37. The summed E-state index contributed by atoms with van der Waals surface area (Å²) in [4.78, 5) is 76.9. The summed E-state index contributed by atoms with van der Waals surface area (Å²) < 4.78 is 66.3. The van der Waals surface area contributed by atoms with Crippen molar-refractivity contribution < 1.29 is 51.6 Å². The fourth-order valence-electron chi connectivity index (χ4n) is 8.51. The molecule has 2 aliphatic heterocycles. The van der Waals surface area contributed by atoms with Crippen LogP contribution in [0.5, 0.6) is 11.5 Å². The van der Waals surface area contributed by atoms with Crippen molar-refractivity contribution in [2.24, 2.45) is 5.92 Å². The van der Waals surface area contributed by atoms with Gasteiger partial charge >= 0.3 is 19.3 Å². The van der Waals surface area contributed by atoms with Crippen molar-refractivity contribution in [1.82, 2.24) is 29.1 Å². The average molecular weight is 984 g/mol. The number of nitrogens with one attached hydrogen (secondary N) is 3. The van der Waals surface area contributed by atoms with Gasteiger partial charge in [-0.2, -0.15) is 4.98 Å². The molecule has 5 heterocycles. The largest absolute Gasteiger partial charge is 0.497 e. The van der Waals surface area contributed by atoms with Gasteiger partial charge in [-0.15, -0.1) is 0 Å². The summed E-state index contributed by atoms with van der Waals surface area (Å²) in [6.45, 7) is 6.87. The molecule has 0 bridgehead atoms. The molecule has 0 aliphatic carbocycles. The zero-order valence-corrected chi connectivity index (χ0v) is 40.4. The first-order chi connectivity index (χ1) is 33.5. The summed E-state index contributed by atoms with van der Waals surface area (Å²) in [6, 6.07) is 24.5. The third-order valence-corrected chi connectivity index (χ3v) is 13.4. The monoisotopic (exact) mass is 983 g/mol. The SMILES string of the molecule is COc1ccc(C(OC[C@H]2O[C@@H](n3cc(C)c(=O)[nH]c3=O)C[C@@H]2O[P@@](C)(=O)OC[C@H]2O[C@@H](n3cnc4c(=O)[nH]c(NC(=O)C(C)C)nc43)C[C@@H]2OC(C)=O)(c2ccccc2)c2ccc(OC)cc2)cc1. The fourth-order valence-corrected chi connectivity index (χ4v) is 9.71. The molecular formula is C48H54N7O14P. The molecule has 2 fully saturated rings. The van der Waals surface area contributed by atoms with E-state index in [1.165, 1.54) is 35.2 Å². The van der Waals surface area contributed by atoms with Crippen LogP contribution in [0.3, 0.4) is 0 Å². The Morgan fingerprint density at radius 1 is 0.829 bits per heavy atom. The zero-order chi connectivity index (χ0) is 49.9. The van der Waals surface area contributed by atoms with E-state index in [0.29, 0.717) is 11.5 Å². The Labute approximate surface area is 400 Å². The van der Waals surface area contributed by atoms with Gasteiger partial charge in [-0.3, -0.25) is 48.2 Å². The number of rotatable bonds is 18. The molecule has 2 saturated heterocycles. The quantitative estimate of drug-likeness (QED) is 0.0559. The van der Waals surface area contributed by atoms with Crippen molar-refractivity contribution in [2.75, 3.05) is 39.4 Å². The number of fused-ring (bicyclic) bond motifs is 1. The first kappa shape index (κ1) is 49.7. The molecule has 3 aromatic heterocycles. The van der Waals surface area contributed by atoms with Crippen LogP contribution in [-0.4, -0.2) is 99.5 Å². The van der Waals surface area contributed by atoms with Gasteiger partial charge in [0, 0.05) is 44.1 Å². The lowest BCUT2D eigenvalue weighted by Crippen LogP contribution is -2.38. The number of carbonyl (C=O) groups excluding carboxylic acids is 2. The molecule has 21 nitrogen and oxygen atoms in total. The van der Waals surface area contributed by atoms with Crippen LogP contribution in [0.2, 0.25) is 0 Å². The number of hydrogen-bond acceptors (Lipinski definition) is 16. The molecule has 22 heteroatoms. The fraction of sp³-hybridized carbons (Fsp3) is 0.396. The number of hydrogen-bond donors (Lipinski definition) is 3. The van der Waals surface area contributed by atoms with Crippen LogP contribution in [0.25, 0.3) is 11.2 Å². The minimum Gasteiger partial charge on any atom is -0.497 e. The molecular weight excluding hydrogens is 930 g/mol. The summed E-state index contributed by atoms with van der Waals surface area (Å²) >= 11 is 0. The highest BCUT2D eigenvalue weighted by molar-refractivity contribution is 7.53. The van der Waals surface area contributed by atoms with Crippen molar-refractivity contribution in [1.29, 1.82) is 0 Å². The van der Waals surface area contributed by atoms with E-state index in [1.807, 2.05) is 78.9 Å². The van der Waals surface area contributed by atoms with Gasteiger partial charge in [-0.05, 0) is 47.9 Å². The minimum atomic E-state index is -4.10. The number of aromatic amines is 2. The Kier molecular flexibility index (Phi) is 14.7. The first-order valence-corrected chi connectivity index (χ1v) is 24.4. The second-order valence-corrected chi connectivity index (χ2v) is 19.3. The van der Waals surface area contributed by atoms with Gasteiger partial charge in [0.2, 0.25) is 11.9 Å². The maximum Gasteiger partial charge on any atom is 0.330 e. The summed E-state index contributed by atoms with van der Waals surface area (Å²) in [5.41, 5.74) is -0.620. The van der Waals surface area contributed by atoms with E-state index in [1.54, 1.807) is 35.0 Å². The Hall–Kier alpha value is -6.74. The standard InChI is InChI=1S/C48H54N7O14P/c1-27(2)43(57)51-46-50-42-41(45(59)52-46)49-26-55(42)40-21-35(66-29(4)56)38(68-40)25-65-70(7,61)69-36-22-39(54-23-28(3)44(58)53-47(54)60)67-37(36)24-64-48(30-11-9-8-10-12-30,31-13-17-33(62-5)18-14-31)32-15-19-34(63-6)20-16-32/h8-20,23,26-27,35-40H,21-22,24-25H2,1-7H3,(H,53,58,60)(H2,50,51,52,57,59)/t35-,36-,37+,38+,39+,40+,70-/m0/s1. The number of anilines is 1. The van der Waals surface area contributed by atoms with E-state index in [-0.39, 0.29) is 54.6 Å². The number of H-pyrrole nitrogens is 2. The van der Waals surface area contributed by atoms with Crippen molar-refractivity contribution in [3.05, 3.63) is 145 Å². The highest BCUT2D eigenvalue weighted by Gasteiger charge is 2.46. The van der Waals surface area contributed by atoms with Crippen molar-refractivity contribution >= 4 is 36.6 Å². The molecule has 0 spiro atoms. The topological polar surface area (TPSA) is 256 Å². The van der Waals surface area contributed by atoms with Crippen LogP contribution >= 0.6 is 7.60 Å². The van der Waals surface area contributed by atoms with Gasteiger partial charge in [0.1, 0.15) is 47.9 Å². The normalized spacial score (nSPS) is 21.1. The summed E-state index contributed by atoms with van der Waals surface area (Å²) in [6.07, 6.45) is -3.08.